The van der Waals surface area contributed by atoms with Crippen molar-refractivity contribution in [3.63, 3.8) is 0 Å². The molecule has 0 rings (SSSR count). The van der Waals surface area contributed by atoms with Gasteiger partial charge in [0.05, 0.1) is 25.4 Å². The van der Waals surface area contributed by atoms with Crippen LogP contribution in [0.4, 0.5) is 0 Å². The van der Waals surface area contributed by atoms with Gasteiger partial charge in [0.25, 0.3) is 0 Å². The Hall–Kier alpha value is -1.40. The van der Waals surface area contributed by atoms with Crippen LogP contribution in [0.25, 0.3) is 0 Å². The quantitative estimate of drug-likeness (QED) is 0.0320. The molecule has 1 amide bonds. The molecule has 0 spiro atoms. The van der Waals surface area contributed by atoms with E-state index in [0.717, 1.165) is 38.5 Å². The van der Waals surface area contributed by atoms with Gasteiger partial charge in [-0.1, -0.05) is 366 Å². The summed E-state index contributed by atoms with van der Waals surface area (Å²) >= 11 is 0. The summed E-state index contributed by atoms with van der Waals surface area (Å²) in [6, 6.07) is -0.623. The molecule has 0 aliphatic heterocycles. The van der Waals surface area contributed by atoms with Crippen LogP contribution in [-0.2, 0) is 14.3 Å². The SMILES string of the molecule is CCCCCCCCCCCCC/C=C/C(O)C(CO)NC(=O)CCCCCCCCCCCCCCCCCCCCCCCCCCCCCCCCCOC(=O)CCCCCCCCCCCCCCCCC. The van der Waals surface area contributed by atoms with Crippen molar-refractivity contribution in [1.29, 1.82) is 0 Å². The van der Waals surface area contributed by atoms with E-state index < -0.39 is 12.1 Å². The molecule has 0 fully saturated rings. The number of esters is 1. The molecule has 76 heavy (non-hydrogen) atoms. The molecule has 0 heterocycles. The van der Waals surface area contributed by atoms with Crippen molar-refractivity contribution in [2.75, 3.05) is 13.2 Å². The van der Waals surface area contributed by atoms with E-state index in [-0.39, 0.29) is 18.5 Å². The van der Waals surface area contributed by atoms with Crippen LogP contribution in [0.5, 0.6) is 0 Å². The largest absolute Gasteiger partial charge is 0.466 e. The summed E-state index contributed by atoms with van der Waals surface area (Å²) in [6.07, 6.45) is 81.6. The molecule has 2 atom stereocenters. The van der Waals surface area contributed by atoms with Crippen LogP contribution in [0, 0.1) is 0 Å². The Morgan fingerprint density at radius 1 is 0.355 bits per heavy atom. The van der Waals surface area contributed by atoms with Crippen molar-refractivity contribution in [3.05, 3.63) is 12.2 Å². The fourth-order valence-electron chi connectivity index (χ4n) is 11.2. The average Bonchev–Trinajstić information content (AvgIpc) is 3.42. The first-order valence-electron chi connectivity index (χ1n) is 35.0. The highest BCUT2D eigenvalue weighted by atomic mass is 16.5. The number of hydrogen-bond donors (Lipinski definition) is 3. The molecule has 0 bridgehead atoms. The highest BCUT2D eigenvalue weighted by molar-refractivity contribution is 5.76. The number of hydrogen-bond acceptors (Lipinski definition) is 5. The van der Waals surface area contributed by atoms with Crippen LogP contribution in [0.15, 0.2) is 12.2 Å². The second-order valence-corrected chi connectivity index (χ2v) is 24.2. The van der Waals surface area contributed by atoms with E-state index in [1.54, 1.807) is 6.08 Å². The summed E-state index contributed by atoms with van der Waals surface area (Å²) in [6.45, 7) is 4.94. The molecule has 0 aliphatic rings. The molecule has 3 N–H and O–H groups in total. The van der Waals surface area contributed by atoms with Crippen molar-refractivity contribution in [3.8, 4) is 0 Å². The van der Waals surface area contributed by atoms with E-state index in [4.69, 9.17) is 4.74 Å². The summed E-state index contributed by atoms with van der Waals surface area (Å²) in [5, 5.41) is 23.1. The van der Waals surface area contributed by atoms with Gasteiger partial charge < -0.3 is 20.3 Å². The third-order valence-corrected chi connectivity index (χ3v) is 16.6. The summed E-state index contributed by atoms with van der Waals surface area (Å²) < 4.78 is 5.50. The molecule has 0 aromatic carbocycles. The second kappa shape index (κ2) is 66.1. The van der Waals surface area contributed by atoms with Gasteiger partial charge in [-0.15, -0.1) is 0 Å². The van der Waals surface area contributed by atoms with Crippen molar-refractivity contribution in [2.45, 2.75) is 411 Å². The van der Waals surface area contributed by atoms with E-state index in [1.165, 1.54) is 334 Å². The normalized spacial score (nSPS) is 12.5. The second-order valence-electron chi connectivity index (χ2n) is 24.2. The maximum Gasteiger partial charge on any atom is 0.305 e. The average molecular weight is 1070 g/mol. The lowest BCUT2D eigenvalue weighted by Gasteiger charge is -2.20. The number of aliphatic hydroxyl groups excluding tert-OH is 2. The molecule has 0 aliphatic carbocycles. The summed E-state index contributed by atoms with van der Waals surface area (Å²) in [4.78, 5) is 24.5. The fourth-order valence-corrected chi connectivity index (χ4v) is 11.2. The molecule has 2 unspecified atom stereocenters. The number of allylic oxidation sites excluding steroid dienone is 1. The zero-order chi connectivity index (χ0) is 55.0. The maximum absolute atomic E-state index is 12.5. The molecule has 0 aromatic rings. The number of carbonyl (C=O) groups excluding carboxylic acids is 2. The summed E-state index contributed by atoms with van der Waals surface area (Å²) in [5.41, 5.74) is 0. The van der Waals surface area contributed by atoms with Crippen molar-refractivity contribution < 1.29 is 24.5 Å². The van der Waals surface area contributed by atoms with Crippen LogP contribution in [0.2, 0.25) is 0 Å². The van der Waals surface area contributed by atoms with Crippen LogP contribution in [0.1, 0.15) is 399 Å². The van der Waals surface area contributed by atoms with Crippen LogP contribution in [-0.4, -0.2) is 47.4 Å². The summed E-state index contributed by atoms with van der Waals surface area (Å²) in [5.74, 6) is -0.0377. The molecule has 6 nitrogen and oxygen atoms in total. The van der Waals surface area contributed by atoms with Crippen molar-refractivity contribution in [2.24, 2.45) is 0 Å². The van der Waals surface area contributed by atoms with Gasteiger partial charge in [-0.3, -0.25) is 9.59 Å². The van der Waals surface area contributed by atoms with Gasteiger partial charge in [-0.05, 0) is 32.1 Å². The van der Waals surface area contributed by atoms with E-state index >= 15 is 0 Å². The number of rotatable bonds is 66. The van der Waals surface area contributed by atoms with Gasteiger partial charge in [0.15, 0.2) is 0 Å². The fraction of sp³-hybridized carbons (Fsp3) is 0.943. The highest BCUT2D eigenvalue weighted by Gasteiger charge is 2.18. The lowest BCUT2D eigenvalue weighted by Crippen LogP contribution is -2.45. The van der Waals surface area contributed by atoms with E-state index in [1.807, 2.05) is 6.08 Å². The molecule has 0 radical (unpaired) electrons. The third kappa shape index (κ3) is 61.8. The zero-order valence-electron chi connectivity index (χ0n) is 51.8. The molecular weight excluding hydrogens is 935 g/mol. The highest BCUT2D eigenvalue weighted by Crippen LogP contribution is 2.19. The Balaban J connectivity index is 3.31. The smallest absolute Gasteiger partial charge is 0.305 e. The Kier molecular flexibility index (Phi) is 64.9. The lowest BCUT2D eigenvalue weighted by atomic mass is 10.0. The standard InChI is InChI=1S/C70H137NO5/c1-3-5-7-9-11-13-15-17-35-40-44-48-52-56-60-64-70(75)76-65-61-57-53-49-45-41-37-34-32-30-28-26-24-22-20-18-19-21-23-25-27-29-31-33-36-39-43-47-51-55-59-63-69(74)71-67(66-72)68(73)62-58-54-50-46-42-38-16-14-12-10-8-6-4-2/h58,62,67-68,72-73H,3-57,59-61,63-66H2,1-2H3,(H,71,74)/b62-58+. The van der Waals surface area contributed by atoms with Gasteiger partial charge >= 0.3 is 5.97 Å². The van der Waals surface area contributed by atoms with E-state index in [9.17, 15) is 19.8 Å². The predicted molar refractivity (Wildman–Crippen MR) is 333 cm³/mol. The first-order valence-corrected chi connectivity index (χ1v) is 35.0. The Bertz CT molecular complexity index is 1140. The molecule has 0 saturated carbocycles. The van der Waals surface area contributed by atoms with Gasteiger partial charge in [0, 0.05) is 12.8 Å². The Labute approximate surface area is 476 Å². The molecule has 6 heteroatoms. The Morgan fingerprint density at radius 3 is 0.895 bits per heavy atom. The first kappa shape index (κ1) is 74.6. The van der Waals surface area contributed by atoms with E-state index in [2.05, 4.69) is 19.2 Å². The topological polar surface area (TPSA) is 95.9 Å². The number of amides is 1. The minimum atomic E-state index is -0.840. The monoisotopic (exact) mass is 1070 g/mol. The number of carbonyl (C=O) groups is 2. The van der Waals surface area contributed by atoms with Crippen LogP contribution >= 0.6 is 0 Å². The molecular formula is C70H137NO5. The first-order chi connectivity index (χ1) is 37.5. The van der Waals surface area contributed by atoms with Gasteiger partial charge in [0.1, 0.15) is 0 Å². The van der Waals surface area contributed by atoms with Crippen LogP contribution in [0.3, 0.4) is 0 Å². The van der Waals surface area contributed by atoms with Gasteiger partial charge in [0.2, 0.25) is 5.91 Å². The maximum atomic E-state index is 12.5. The number of ether oxygens (including phenoxy) is 1. The predicted octanol–water partition coefficient (Wildman–Crippen LogP) is 22.4. The van der Waals surface area contributed by atoms with Gasteiger partial charge in [-0.25, -0.2) is 0 Å². The van der Waals surface area contributed by atoms with Crippen LogP contribution < -0.4 is 5.32 Å². The molecule has 0 saturated heterocycles. The lowest BCUT2D eigenvalue weighted by molar-refractivity contribution is -0.143. The minimum Gasteiger partial charge on any atom is -0.466 e. The minimum absolute atomic E-state index is 0.0241. The summed E-state index contributed by atoms with van der Waals surface area (Å²) in [7, 11) is 0. The molecule has 452 valence electrons. The Morgan fingerprint density at radius 2 is 0.605 bits per heavy atom. The van der Waals surface area contributed by atoms with E-state index in [0.29, 0.717) is 19.4 Å². The number of aliphatic hydroxyl groups is 2. The number of unbranched alkanes of at least 4 members (excludes halogenated alkanes) is 55. The molecule has 0 aromatic heterocycles. The van der Waals surface area contributed by atoms with Crippen molar-refractivity contribution in [1.82, 2.24) is 5.32 Å². The third-order valence-electron chi connectivity index (χ3n) is 16.6. The van der Waals surface area contributed by atoms with Gasteiger partial charge in [-0.2, -0.15) is 0 Å². The van der Waals surface area contributed by atoms with Crippen molar-refractivity contribution >= 4 is 11.9 Å². The zero-order valence-corrected chi connectivity index (χ0v) is 51.8. The number of nitrogens with one attached hydrogen (secondary N) is 1.